The van der Waals surface area contributed by atoms with E-state index in [-0.39, 0.29) is 36.1 Å². The number of ether oxygens (including phenoxy) is 2. The Kier molecular flexibility index (Phi) is 9.93. The molecule has 0 bridgehead atoms. The first-order valence-corrected chi connectivity index (χ1v) is 27.1. The van der Waals surface area contributed by atoms with E-state index in [1.165, 1.54) is 38.6 Å². The monoisotopic (exact) mass is 1040 g/mol. The minimum absolute atomic E-state index is 0.00713. The molecule has 13 aromatic rings. The van der Waals surface area contributed by atoms with Gasteiger partial charge in [0.2, 0.25) is 0 Å². The Hall–Kier alpha value is -9.07. The molecule has 0 saturated heterocycles. The van der Waals surface area contributed by atoms with Gasteiger partial charge in [0.05, 0.1) is 46.4 Å². The van der Waals surface area contributed by atoms with Gasteiger partial charge in [-0.1, -0.05) is 115 Å². The summed E-state index contributed by atoms with van der Waals surface area (Å²) in [5.41, 5.74) is 6.72. The molecule has 2 aliphatic rings. The second kappa shape index (κ2) is 17.0. The van der Waals surface area contributed by atoms with Gasteiger partial charge < -0.3 is 9.47 Å². The Morgan fingerprint density at radius 2 is 0.855 bits per heavy atom. The summed E-state index contributed by atoms with van der Waals surface area (Å²) in [6.07, 6.45) is 2.72. The van der Waals surface area contributed by atoms with Crippen LogP contribution in [0.15, 0.2) is 181 Å². The number of benzene rings is 8. The van der Waals surface area contributed by atoms with Crippen LogP contribution < -0.4 is 0 Å². The average Bonchev–Trinajstić information content (AvgIpc) is 4.50. The van der Waals surface area contributed by atoms with Crippen LogP contribution in [0.2, 0.25) is 0 Å². The van der Waals surface area contributed by atoms with E-state index in [4.69, 9.17) is 9.47 Å². The van der Waals surface area contributed by atoms with Crippen molar-refractivity contribution in [3.63, 3.8) is 0 Å². The molecule has 0 amide bonds. The van der Waals surface area contributed by atoms with E-state index in [1.807, 2.05) is 140 Å². The van der Waals surface area contributed by atoms with Crippen LogP contribution in [0.1, 0.15) is 57.5 Å². The van der Waals surface area contributed by atoms with Gasteiger partial charge >= 0.3 is 12.2 Å². The molecule has 5 heterocycles. The average molecular weight is 1040 g/mol. The van der Waals surface area contributed by atoms with Crippen molar-refractivity contribution in [3.05, 3.63) is 224 Å². The summed E-state index contributed by atoms with van der Waals surface area (Å²) in [6, 6.07) is 54.9. The highest BCUT2D eigenvalue weighted by molar-refractivity contribution is 7.34. The van der Waals surface area contributed by atoms with Gasteiger partial charge in [-0.3, -0.25) is 14.4 Å². The first-order valence-electron chi connectivity index (χ1n) is 24.6. The van der Waals surface area contributed by atoms with Gasteiger partial charge in [-0.2, -0.15) is 0 Å². The Morgan fingerprint density at radius 3 is 1.33 bits per heavy atom. The number of rotatable bonds is 6. The van der Waals surface area contributed by atoms with Gasteiger partial charge in [0, 0.05) is 38.4 Å². The standard InChI is InChI=1S/C64H36N2O7S3/c67-56-45(24-44-23-40-19-36-15-7-8-16-37(36)20-41(40)26-48(44)56)25-46-30-52-59(74-46)61-54(65(52)63(70)72-32-34-11-3-1-4-12-34)55-62(76-61)60-53(66(55)64(71)73-33-35-13-5-2-6-14-35)31-47(75-60)29-51-57(68)49-27-42-21-38-17-9-10-18-39(38)22-43(42)28-50(49)58(51)69/h1-23,25-31H,24,32-33H2/b45-25+. The molecule has 8 aromatic carbocycles. The van der Waals surface area contributed by atoms with Crippen molar-refractivity contribution in [2.45, 2.75) is 19.6 Å². The lowest BCUT2D eigenvalue weighted by atomic mass is 9.99. The molecule has 0 aliphatic heterocycles. The van der Waals surface area contributed by atoms with Crippen molar-refractivity contribution >= 4 is 160 Å². The highest BCUT2D eigenvalue weighted by Crippen LogP contribution is 2.50. The number of fused-ring (bicyclic) bond motifs is 13. The zero-order valence-corrected chi connectivity index (χ0v) is 42.4. The third-order valence-corrected chi connectivity index (χ3v) is 18.3. The van der Waals surface area contributed by atoms with E-state index in [1.54, 1.807) is 16.7 Å². The number of hydrogen-bond acceptors (Lipinski definition) is 10. The molecule has 0 fully saturated rings. The van der Waals surface area contributed by atoms with Crippen LogP contribution in [-0.2, 0) is 29.1 Å². The van der Waals surface area contributed by atoms with E-state index in [0.717, 1.165) is 83.5 Å². The van der Waals surface area contributed by atoms with Gasteiger partial charge in [-0.05, 0) is 127 Å². The molecule has 0 saturated carbocycles. The van der Waals surface area contributed by atoms with Crippen molar-refractivity contribution in [2.75, 3.05) is 0 Å². The molecule has 5 aromatic heterocycles. The first kappa shape index (κ1) is 44.4. The van der Waals surface area contributed by atoms with E-state index < -0.39 is 12.2 Å². The fraction of sp³-hybridized carbons (Fsp3) is 0.0469. The number of hydrogen-bond donors (Lipinski definition) is 0. The molecule has 9 nitrogen and oxygen atoms in total. The molecule has 15 rings (SSSR count). The quantitative estimate of drug-likeness (QED) is 0.0926. The van der Waals surface area contributed by atoms with Crippen molar-refractivity contribution in [1.29, 1.82) is 0 Å². The minimum atomic E-state index is -0.667. The highest BCUT2D eigenvalue weighted by Gasteiger charge is 2.35. The van der Waals surface area contributed by atoms with E-state index >= 15 is 0 Å². The van der Waals surface area contributed by atoms with Crippen LogP contribution >= 0.6 is 34.0 Å². The zero-order chi connectivity index (χ0) is 50.9. The lowest BCUT2D eigenvalue weighted by Gasteiger charge is -2.10. The third-order valence-electron chi connectivity index (χ3n) is 14.7. The van der Waals surface area contributed by atoms with Crippen LogP contribution in [0, 0.1) is 0 Å². The molecule has 76 heavy (non-hydrogen) atoms. The smallest absolute Gasteiger partial charge is 0.419 e. The molecule has 2 aliphatic carbocycles. The molecule has 362 valence electrons. The van der Waals surface area contributed by atoms with Crippen molar-refractivity contribution in [1.82, 2.24) is 9.13 Å². The van der Waals surface area contributed by atoms with Crippen molar-refractivity contribution in [3.8, 4) is 0 Å². The van der Waals surface area contributed by atoms with Crippen LogP contribution in [-0.4, -0.2) is 38.7 Å². The summed E-state index contributed by atoms with van der Waals surface area (Å²) < 4.78 is 18.2. The van der Waals surface area contributed by atoms with Crippen LogP contribution in [0.4, 0.5) is 9.59 Å². The van der Waals surface area contributed by atoms with Crippen molar-refractivity contribution in [2.24, 2.45) is 0 Å². The minimum Gasteiger partial charge on any atom is -0.444 e. The van der Waals surface area contributed by atoms with E-state index in [2.05, 4.69) is 30.3 Å². The molecule has 12 heteroatoms. The number of ketones is 3. The first-order chi connectivity index (χ1) is 37.2. The van der Waals surface area contributed by atoms with E-state index in [0.29, 0.717) is 55.6 Å². The highest BCUT2D eigenvalue weighted by atomic mass is 32.1. The Bertz CT molecular complexity index is 4760. The molecule has 0 atom stereocenters. The molecule has 0 spiro atoms. The SMILES string of the molecule is O=C1/C(=C/c2cc3c(s2)c2sc4c5sc(C=C6C(=O)c7cc8cc9ccccc9cc8cc7C6=O)cc5n(C(=O)OCc5ccccc5)c4c2n3C(=O)OCc2ccccc2)Cc2cc3cc4ccccc4cc3cc21. The topological polar surface area (TPSA) is 114 Å². The summed E-state index contributed by atoms with van der Waals surface area (Å²) >= 11 is 4.26. The second-order valence-corrected chi connectivity index (χ2v) is 22.5. The largest absolute Gasteiger partial charge is 0.444 e. The van der Waals surface area contributed by atoms with Crippen LogP contribution in [0.25, 0.3) is 96.1 Å². The Labute approximate surface area is 443 Å². The summed E-state index contributed by atoms with van der Waals surface area (Å²) in [5, 5.41) is 8.15. The maximum atomic E-state index is 14.8. The van der Waals surface area contributed by atoms with Crippen LogP contribution in [0.3, 0.4) is 0 Å². The number of Topliss-reactive ketones (excluding diaryl/α,β-unsaturated/α-hetero) is 3. The Morgan fingerprint density at radius 1 is 0.434 bits per heavy atom. The van der Waals surface area contributed by atoms with Gasteiger partial charge in [0.25, 0.3) is 0 Å². The van der Waals surface area contributed by atoms with Crippen LogP contribution in [0.5, 0.6) is 0 Å². The molecular weight excluding hydrogens is 1000 g/mol. The second-order valence-electron chi connectivity index (χ2n) is 19.3. The molecule has 0 N–H and O–H groups in total. The summed E-state index contributed by atoms with van der Waals surface area (Å²) in [7, 11) is 0. The van der Waals surface area contributed by atoms with Gasteiger partial charge in [-0.15, -0.1) is 34.0 Å². The predicted octanol–water partition coefficient (Wildman–Crippen LogP) is 16.4. The number of carbonyl (C=O) groups excluding carboxylic acids is 5. The fourth-order valence-electron chi connectivity index (χ4n) is 11.1. The summed E-state index contributed by atoms with van der Waals surface area (Å²) in [5.74, 6) is -0.741. The molecule has 0 radical (unpaired) electrons. The van der Waals surface area contributed by atoms with Gasteiger partial charge in [-0.25, -0.2) is 18.7 Å². The normalized spacial score (nSPS) is 14.0. The molecule has 0 unspecified atom stereocenters. The van der Waals surface area contributed by atoms with Crippen molar-refractivity contribution < 1.29 is 33.4 Å². The Balaban J connectivity index is 0.873. The summed E-state index contributed by atoms with van der Waals surface area (Å²) in [4.78, 5) is 73.5. The predicted molar refractivity (Wildman–Crippen MR) is 306 cm³/mol. The van der Waals surface area contributed by atoms with E-state index in [9.17, 15) is 24.0 Å². The van der Waals surface area contributed by atoms with Gasteiger partial charge in [0.15, 0.2) is 17.3 Å². The lowest BCUT2D eigenvalue weighted by molar-refractivity contribution is 0.0987. The maximum Gasteiger partial charge on any atom is 0.419 e. The zero-order valence-electron chi connectivity index (χ0n) is 39.9. The molecular formula is C64H36N2O7S3. The maximum absolute atomic E-state index is 14.8. The fourth-order valence-corrected chi connectivity index (χ4v) is 14.8. The number of carbonyl (C=O) groups is 5. The number of allylic oxidation sites excluding steroid dienone is 2. The summed E-state index contributed by atoms with van der Waals surface area (Å²) in [6.45, 7) is -0.00382. The number of thiophene rings is 3. The number of nitrogens with zero attached hydrogens (tertiary/aromatic N) is 2. The third kappa shape index (κ3) is 6.98. The lowest BCUT2D eigenvalue weighted by Crippen LogP contribution is -2.16. The van der Waals surface area contributed by atoms with Gasteiger partial charge in [0.1, 0.15) is 13.2 Å². The number of aromatic nitrogens is 2.